The third kappa shape index (κ3) is 5.51. The van der Waals surface area contributed by atoms with Gasteiger partial charge < -0.3 is 10.1 Å². The molecule has 0 atom stereocenters. The first kappa shape index (κ1) is 21.3. The molecule has 150 valence electrons. The number of nitrogens with zero attached hydrogens (tertiary/aromatic N) is 1. The molecule has 9 nitrogen and oxygen atoms in total. The number of carbonyl (C=O) groups is 1. The van der Waals surface area contributed by atoms with Crippen LogP contribution in [0, 0.1) is 24.0 Å². The van der Waals surface area contributed by atoms with Crippen LogP contribution >= 0.6 is 0 Å². The maximum atomic E-state index is 12.3. The summed E-state index contributed by atoms with van der Waals surface area (Å²) in [6, 6.07) is 9.14. The highest BCUT2D eigenvalue weighted by Gasteiger charge is 2.21. The molecule has 0 fully saturated rings. The molecule has 0 unspecified atom stereocenters. The normalized spacial score (nSPS) is 11.1. The molecule has 28 heavy (non-hydrogen) atoms. The lowest BCUT2D eigenvalue weighted by Crippen LogP contribution is -2.30. The van der Waals surface area contributed by atoms with Gasteiger partial charge in [-0.3, -0.25) is 14.9 Å². The smallest absolute Gasteiger partial charge is 0.321 e. The third-order valence-corrected chi connectivity index (χ3v) is 5.23. The van der Waals surface area contributed by atoms with E-state index in [0.29, 0.717) is 0 Å². The first-order valence-corrected chi connectivity index (χ1v) is 9.79. The van der Waals surface area contributed by atoms with Crippen molar-refractivity contribution in [3.05, 3.63) is 63.2 Å². The molecule has 0 aliphatic rings. The van der Waals surface area contributed by atoms with Gasteiger partial charge in [-0.25, -0.2) is 8.42 Å². The third-order valence-electron chi connectivity index (χ3n) is 3.83. The molecule has 2 aromatic carbocycles. The minimum absolute atomic E-state index is 0.0193. The standard InChI is InChI=1S/C18H21N3O6S/c1-12-6-13(2)8-14(7-12)11-27-18(22)10-20-28(25,26)15-4-5-16(19-3)17(9-15)21(23)24/h4-9,19-20H,10-11H2,1-3H3. The molecule has 0 aliphatic carbocycles. The molecule has 2 aromatic rings. The van der Waals surface area contributed by atoms with Gasteiger partial charge in [0.05, 0.1) is 9.82 Å². The van der Waals surface area contributed by atoms with E-state index < -0.39 is 27.5 Å². The number of nitro benzene ring substituents is 1. The van der Waals surface area contributed by atoms with Crippen molar-refractivity contribution in [3.63, 3.8) is 0 Å². The molecule has 0 aromatic heterocycles. The molecular weight excluding hydrogens is 386 g/mol. The quantitative estimate of drug-likeness (QED) is 0.390. The van der Waals surface area contributed by atoms with Gasteiger partial charge in [0, 0.05) is 13.1 Å². The molecule has 2 N–H and O–H groups in total. The summed E-state index contributed by atoms with van der Waals surface area (Å²) in [7, 11) is -2.63. The van der Waals surface area contributed by atoms with E-state index >= 15 is 0 Å². The number of aryl methyl sites for hydroxylation is 2. The summed E-state index contributed by atoms with van der Waals surface area (Å²) in [5, 5.41) is 13.7. The summed E-state index contributed by atoms with van der Waals surface area (Å²) in [5.41, 5.74) is 2.64. The van der Waals surface area contributed by atoms with Crippen LogP contribution in [0.4, 0.5) is 11.4 Å². The predicted molar refractivity (Wildman–Crippen MR) is 104 cm³/mol. The topological polar surface area (TPSA) is 128 Å². The number of sulfonamides is 1. The van der Waals surface area contributed by atoms with Gasteiger partial charge in [-0.1, -0.05) is 29.3 Å². The van der Waals surface area contributed by atoms with Crippen molar-refractivity contribution >= 4 is 27.4 Å². The van der Waals surface area contributed by atoms with Crippen molar-refractivity contribution in [2.45, 2.75) is 25.3 Å². The molecule has 0 aliphatic heterocycles. The number of nitro groups is 1. The number of benzene rings is 2. The Morgan fingerprint density at radius 2 is 1.79 bits per heavy atom. The number of hydrogen-bond donors (Lipinski definition) is 2. The van der Waals surface area contributed by atoms with Crippen molar-refractivity contribution in [1.82, 2.24) is 4.72 Å². The number of hydrogen-bond acceptors (Lipinski definition) is 7. The molecule has 0 saturated heterocycles. The van der Waals surface area contributed by atoms with E-state index in [1.54, 1.807) is 0 Å². The average Bonchev–Trinajstić information content (AvgIpc) is 2.63. The van der Waals surface area contributed by atoms with Crippen LogP contribution in [0.15, 0.2) is 41.3 Å². The van der Waals surface area contributed by atoms with E-state index in [4.69, 9.17) is 4.74 Å². The van der Waals surface area contributed by atoms with Crippen molar-refractivity contribution in [2.24, 2.45) is 0 Å². The lowest BCUT2D eigenvalue weighted by molar-refractivity contribution is -0.384. The summed E-state index contributed by atoms with van der Waals surface area (Å²) in [6.45, 7) is 3.27. The molecule has 10 heteroatoms. The SMILES string of the molecule is CNc1ccc(S(=O)(=O)NCC(=O)OCc2cc(C)cc(C)c2)cc1[N+](=O)[O-]. The molecule has 0 heterocycles. The Balaban J connectivity index is 2.01. The van der Waals surface area contributed by atoms with Gasteiger partial charge in [-0.15, -0.1) is 0 Å². The molecular formula is C18H21N3O6S. The van der Waals surface area contributed by atoms with Crippen LogP contribution in [-0.4, -0.2) is 32.9 Å². The Kier molecular flexibility index (Phi) is 6.71. The average molecular weight is 407 g/mol. The molecule has 0 spiro atoms. The van der Waals surface area contributed by atoms with Crippen molar-refractivity contribution in [3.8, 4) is 0 Å². The maximum Gasteiger partial charge on any atom is 0.321 e. The van der Waals surface area contributed by atoms with E-state index in [1.807, 2.05) is 32.0 Å². The van der Waals surface area contributed by atoms with Gasteiger partial charge >= 0.3 is 5.97 Å². The zero-order chi connectivity index (χ0) is 20.9. The summed E-state index contributed by atoms with van der Waals surface area (Å²) < 4.78 is 31.8. The fourth-order valence-corrected chi connectivity index (χ4v) is 3.63. The van der Waals surface area contributed by atoms with E-state index in [9.17, 15) is 23.3 Å². The highest BCUT2D eigenvalue weighted by atomic mass is 32.2. The number of rotatable bonds is 8. The summed E-state index contributed by atoms with van der Waals surface area (Å²) in [5.74, 6) is -0.760. The molecule has 0 amide bonds. The fourth-order valence-electron chi connectivity index (χ4n) is 2.65. The largest absolute Gasteiger partial charge is 0.460 e. The van der Waals surface area contributed by atoms with E-state index in [0.717, 1.165) is 22.8 Å². The van der Waals surface area contributed by atoms with Crippen molar-refractivity contribution in [2.75, 3.05) is 18.9 Å². The van der Waals surface area contributed by atoms with Crippen LogP contribution in [0.1, 0.15) is 16.7 Å². The lowest BCUT2D eigenvalue weighted by atomic mass is 10.1. The van der Waals surface area contributed by atoms with Gasteiger partial charge in [0.15, 0.2) is 0 Å². The minimum atomic E-state index is -4.12. The lowest BCUT2D eigenvalue weighted by Gasteiger charge is -2.09. The summed E-state index contributed by atoms with van der Waals surface area (Å²) >= 11 is 0. The fraction of sp³-hybridized carbons (Fsp3) is 0.278. The Morgan fingerprint density at radius 3 is 2.36 bits per heavy atom. The Labute approximate surface area is 162 Å². The number of anilines is 1. The van der Waals surface area contributed by atoms with Crippen LogP contribution in [-0.2, 0) is 26.2 Å². The Morgan fingerprint density at radius 1 is 1.14 bits per heavy atom. The van der Waals surface area contributed by atoms with Crippen LogP contribution in [0.5, 0.6) is 0 Å². The molecule has 0 radical (unpaired) electrons. The van der Waals surface area contributed by atoms with Crippen LogP contribution in [0.25, 0.3) is 0 Å². The molecule has 2 rings (SSSR count). The Hall–Kier alpha value is -2.98. The zero-order valence-corrected chi connectivity index (χ0v) is 16.5. The summed E-state index contributed by atoms with van der Waals surface area (Å²) in [4.78, 5) is 21.9. The second kappa shape index (κ2) is 8.81. The highest BCUT2D eigenvalue weighted by Crippen LogP contribution is 2.26. The maximum absolute atomic E-state index is 12.3. The second-order valence-corrected chi connectivity index (χ2v) is 7.93. The van der Waals surface area contributed by atoms with Crippen molar-refractivity contribution < 1.29 is 22.9 Å². The van der Waals surface area contributed by atoms with E-state index in [2.05, 4.69) is 10.0 Å². The van der Waals surface area contributed by atoms with Gasteiger partial charge in [0.25, 0.3) is 5.69 Å². The minimum Gasteiger partial charge on any atom is -0.460 e. The van der Waals surface area contributed by atoms with E-state index in [-0.39, 0.29) is 22.9 Å². The number of ether oxygens (including phenoxy) is 1. The molecule has 0 saturated carbocycles. The van der Waals surface area contributed by atoms with Crippen LogP contribution in [0.3, 0.4) is 0 Å². The Bertz CT molecular complexity index is 984. The second-order valence-electron chi connectivity index (χ2n) is 6.17. The van der Waals surface area contributed by atoms with Crippen LogP contribution in [0.2, 0.25) is 0 Å². The highest BCUT2D eigenvalue weighted by molar-refractivity contribution is 7.89. The van der Waals surface area contributed by atoms with Crippen LogP contribution < -0.4 is 10.0 Å². The number of esters is 1. The van der Waals surface area contributed by atoms with Gasteiger partial charge in [0.1, 0.15) is 18.8 Å². The predicted octanol–water partition coefficient (Wildman–Crippen LogP) is 2.28. The van der Waals surface area contributed by atoms with Crippen molar-refractivity contribution in [1.29, 1.82) is 0 Å². The zero-order valence-electron chi connectivity index (χ0n) is 15.7. The monoisotopic (exact) mass is 407 g/mol. The number of nitrogens with one attached hydrogen (secondary N) is 2. The van der Waals surface area contributed by atoms with Gasteiger partial charge in [-0.05, 0) is 31.5 Å². The first-order valence-electron chi connectivity index (χ1n) is 8.31. The first-order chi connectivity index (χ1) is 13.1. The van der Waals surface area contributed by atoms with Gasteiger partial charge in [0.2, 0.25) is 10.0 Å². The molecule has 0 bridgehead atoms. The summed E-state index contributed by atoms with van der Waals surface area (Å²) in [6.07, 6.45) is 0. The number of carbonyl (C=O) groups excluding carboxylic acids is 1. The van der Waals surface area contributed by atoms with E-state index in [1.165, 1.54) is 19.2 Å². The van der Waals surface area contributed by atoms with Gasteiger partial charge in [-0.2, -0.15) is 4.72 Å².